The van der Waals surface area contributed by atoms with Gasteiger partial charge in [-0.15, -0.1) is 0 Å². The zero-order valence-electron chi connectivity index (χ0n) is 16.7. The molecule has 1 aliphatic heterocycles. The maximum absolute atomic E-state index is 13.1. The summed E-state index contributed by atoms with van der Waals surface area (Å²) in [6.07, 6.45) is 1.42. The number of nitriles is 1. The van der Waals surface area contributed by atoms with Crippen LogP contribution in [0.4, 0.5) is 5.69 Å². The first-order valence-corrected chi connectivity index (χ1v) is 10.9. The van der Waals surface area contributed by atoms with Gasteiger partial charge in [0.1, 0.15) is 0 Å². The van der Waals surface area contributed by atoms with Crippen molar-refractivity contribution in [3.05, 3.63) is 59.2 Å². The van der Waals surface area contributed by atoms with Gasteiger partial charge < -0.3 is 15.2 Å². The molecule has 0 aromatic heterocycles. The van der Waals surface area contributed by atoms with Gasteiger partial charge in [-0.2, -0.15) is 9.57 Å². The molecule has 2 aromatic rings. The molecule has 3 rings (SSSR count). The van der Waals surface area contributed by atoms with Crippen LogP contribution in [0, 0.1) is 11.3 Å². The molecule has 1 fully saturated rings. The Bertz CT molecular complexity index is 1160. The smallest absolute Gasteiger partial charge is 0.337 e. The quantitative estimate of drug-likeness (QED) is 0.670. The molecule has 1 amide bonds. The van der Waals surface area contributed by atoms with Gasteiger partial charge in [-0.05, 0) is 49.2 Å². The van der Waals surface area contributed by atoms with E-state index >= 15 is 0 Å². The summed E-state index contributed by atoms with van der Waals surface area (Å²) >= 11 is 0. The Morgan fingerprint density at radius 3 is 2.74 bits per heavy atom. The molecule has 0 spiro atoms. The number of benzene rings is 2. The van der Waals surface area contributed by atoms with Crippen LogP contribution in [0.2, 0.25) is 0 Å². The van der Waals surface area contributed by atoms with E-state index in [1.165, 1.54) is 47.8 Å². The summed E-state index contributed by atoms with van der Waals surface area (Å²) in [6.45, 7) is 0.663. The Morgan fingerprint density at radius 2 is 2.06 bits per heavy atom. The highest BCUT2D eigenvalue weighted by molar-refractivity contribution is 7.89. The number of sulfonamides is 1. The third-order valence-electron chi connectivity index (χ3n) is 5.01. The van der Waals surface area contributed by atoms with Crippen molar-refractivity contribution in [3.8, 4) is 6.07 Å². The van der Waals surface area contributed by atoms with Gasteiger partial charge in [-0.3, -0.25) is 4.79 Å². The molecule has 162 valence electrons. The van der Waals surface area contributed by atoms with Crippen LogP contribution < -0.4 is 5.32 Å². The maximum atomic E-state index is 13.1. The average molecular weight is 443 g/mol. The van der Waals surface area contributed by atoms with E-state index in [1.807, 2.05) is 6.07 Å². The van der Waals surface area contributed by atoms with E-state index in [-0.39, 0.29) is 39.9 Å². The highest BCUT2D eigenvalue weighted by atomic mass is 32.2. The van der Waals surface area contributed by atoms with Crippen molar-refractivity contribution in [2.24, 2.45) is 0 Å². The van der Waals surface area contributed by atoms with Gasteiger partial charge in [0.15, 0.2) is 0 Å². The number of aromatic carboxylic acids is 1. The van der Waals surface area contributed by atoms with Crippen molar-refractivity contribution >= 4 is 27.6 Å². The standard InChI is InChI=1S/C21H21N3O6S/c1-30-13-16-5-3-9-24(16)31(28,29)17-6-2-4-15(11-17)20(25)23-19-8-7-14(12-22)10-18(19)21(26)27/h2,4,6-8,10-11,16H,3,5,9,13H2,1H3,(H,23,25)(H,26,27). The summed E-state index contributed by atoms with van der Waals surface area (Å²) in [5.41, 5.74) is -0.0379. The Morgan fingerprint density at radius 1 is 1.29 bits per heavy atom. The third-order valence-corrected chi connectivity index (χ3v) is 6.96. The molecule has 1 aliphatic rings. The number of hydrogen-bond donors (Lipinski definition) is 2. The van der Waals surface area contributed by atoms with Gasteiger partial charge >= 0.3 is 5.97 Å². The second-order valence-electron chi connectivity index (χ2n) is 7.03. The molecular weight excluding hydrogens is 422 g/mol. The number of anilines is 1. The SMILES string of the molecule is COCC1CCCN1S(=O)(=O)c1cccc(C(=O)Nc2ccc(C#N)cc2C(=O)O)c1. The fourth-order valence-electron chi connectivity index (χ4n) is 3.51. The maximum Gasteiger partial charge on any atom is 0.337 e. The zero-order valence-corrected chi connectivity index (χ0v) is 17.6. The number of rotatable bonds is 7. The van der Waals surface area contributed by atoms with Crippen molar-refractivity contribution < 1.29 is 27.9 Å². The van der Waals surface area contributed by atoms with Gasteiger partial charge in [-0.25, -0.2) is 13.2 Å². The second-order valence-corrected chi connectivity index (χ2v) is 8.92. The zero-order chi connectivity index (χ0) is 22.6. The lowest BCUT2D eigenvalue weighted by molar-refractivity contribution is 0.0698. The summed E-state index contributed by atoms with van der Waals surface area (Å²) in [5, 5.41) is 20.8. The number of carboxylic acid groups (broad SMARTS) is 1. The molecule has 2 N–H and O–H groups in total. The number of amides is 1. The van der Waals surface area contributed by atoms with Gasteiger partial charge in [0.2, 0.25) is 10.0 Å². The Kier molecular flexibility index (Phi) is 6.70. The minimum Gasteiger partial charge on any atom is -0.478 e. The number of carbonyl (C=O) groups excluding carboxylic acids is 1. The predicted octanol–water partition coefficient (Wildman–Crippen LogP) is 2.31. The van der Waals surface area contributed by atoms with E-state index in [4.69, 9.17) is 10.00 Å². The van der Waals surface area contributed by atoms with E-state index in [0.29, 0.717) is 13.0 Å². The molecule has 10 heteroatoms. The number of hydrogen-bond acceptors (Lipinski definition) is 6. The lowest BCUT2D eigenvalue weighted by Crippen LogP contribution is -2.38. The topological polar surface area (TPSA) is 137 Å². The van der Waals surface area contributed by atoms with Crippen LogP contribution in [-0.2, 0) is 14.8 Å². The van der Waals surface area contributed by atoms with Gasteiger partial charge in [0.25, 0.3) is 5.91 Å². The summed E-state index contributed by atoms with van der Waals surface area (Å²) < 4.78 is 32.7. The van der Waals surface area contributed by atoms with E-state index in [1.54, 1.807) is 0 Å². The van der Waals surface area contributed by atoms with Crippen molar-refractivity contribution in [2.45, 2.75) is 23.8 Å². The molecule has 0 saturated carbocycles. The van der Waals surface area contributed by atoms with Crippen LogP contribution in [0.15, 0.2) is 47.4 Å². The molecule has 1 heterocycles. The first-order valence-electron chi connectivity index (χ1n) is 9.47. The molecule has 31 heavy (non-hydrogen) atoms. The minimum atomic E-state index is -3.83. The second kappa shape index (κ2) is 9.26. The van der Waals surface area contributed by atoms with E-state index in [2.05, 4.69) is 5.32 Å². The molecular formula is C21H21N3O6S. The van der Waals surface area contributed by atoms with Gasteiger partial charge in [-0.1, -0.05) is 6.07 Å². The third kappa shape index (κ3) is 4.74. The number of nitrogens with one attached hydrogen (secondary N) is 1. The van der Waals surface area contributed by atoms with Crippen molar-refractivity contribution in [1.82, 2.24) is 4.31 Å². The number of methoxy groups -OCH3 is 1. The molecule has 0 bridgehead atoms. The number of ether oxygens (including phenoxy) is 1. The number of nitrogens with zero attached hydrogens (tertiary/aromatic N) is 2. The van der Waals surface area contributed by atoms with Crippen LogP contribution in [0.25, 0.3) is 0 Å². The molecule has 1 saturated heterocycles. The Balaban J connectivity index is 1.88. The van der Waals surface area contributed by atoms with Crippen LogP contribution >= 0.6 is 0 Å². The first kappa shape index (κ1) is 22.4. The monoisotopic (exact) mass is 443 g/mol. The molecule has 2 aromatic carbocycles. The number of carboxylic acids is 1. The summed E-state index contributed by atoms with van der Waals surface area (Å²) in [6, 6.07) is 11.0. The van der Waals surface area contributed by atoms with Gasteiger partial charge in [0, 0.05) is 25.3 Å². The summed E-state index contributed by atoms with van der Waals surface area (Å²) in [7, 11) is -2.31. The van der Waals surface area contributed by atoms with Crippen molar-refractivity contribution in [3.63, 3.8) is 0 Å². The van der Waals surface area contributed by atoms with Crippen molar-refractivity contribution in [1.29, 1.82) is 5.26 Å². The summed E-state index contributed by atoms with van der Waals surface area (Å²) in [4.78, 5) is 24.2. The molecule has 1 atom stereocenters. The lowest BCUT2D eigenvalue weighted by Gasteiger charge is -2.23. The molecule has 9 nitrogen and oxygen atoms in total. The fraction of sp³-hybridized carbons (Fsp3) is 0.286. The van der Waals surface area contributed by atoms with Crippen molar-refractivity contribution in [2.75, 3.05) is 25.6 Å². The lowest BCUT2D eigenvalue weighted by atomic mass is 10.1. The Hall–Kier alpha value is -3.26. The number of carbonyl (C=O) groups is 2. The van der Waals surface area contributed by atoms with Crippen LogP contribution in [0.5, 0.6) is 0 Å². The van der Waals surface area contributed by atoms with Crippen LogP contribution in [0.1, 0.15) is 39.1 Å². The van der Waals surface area contributed by atoms with E-state index in [0.717, 1.165) is 12.5 Å². The highest BCUT2D eigenvalue weighted by Crippen LogP contribution is 2.27. The first-order chi connectivity index (χ1) is 14.8. The molecule has 0 aliphatic carbocycles. The van der Waals surface area contributed by atoms with E-state index in [9.17, 15) is 23.1 Å². The Labute approximate surface area is 179 Å². The van der Waals surface area contributed by atoms with Gasteiger partial charge in [0.05, 0.1) is 34.4 Å². The van der Waals surface area contributed by atoms with Crippen LogP contribution in [0.3, 0.4) is 0 Å². The average Bonchev–Trinajstić information content (AvgIpc) is 3.23. The van der Waals surface area contributed by atoms with Crippen LogP contribution in [-0.4, -0.2) is 56.0 Å². The summed E-state index contributed by atoms with van der Waals surface area (Å²) in [5.74, 6) is -1.97. The molecule has 0 radical (unpaired) electrons. The highest BCUT2D eigenvalue weighted by Gasteiger charge is 2.35. The fourth-order valence-corrected chi connectivity index (χ4v) is 5.24. The minimum absolute atomic E-state index is 0.00413. The normalized spacial score (nSPS) is 16.6. The largest absolute Gasteiger partial charge is 0.478 e. The predicted molar refractivity (Wildman–Crippen MR) is 111 cm³/mol. The van der Waals surface area contributed by atoms with E-state index < -0.39 is 21.9 Å². The molecule has 1 unspecified atom stereocenters.